The predicted molar refractivity (Wildman–Crippen MR) is 208 cm³/mol. The molecule has 2 amide bonds. The van der Waals surface area contributed by atoms with E-state index in [-0.39, 0.29) is 47.5 Å². The maximum Gasteiger partial charge on any atom is 0.350 e. The standard InChI is InChI=1S/C15H13Cl2N3O2.C15H12F2N4O3.C5H12NO4P/c1-2-7-22-13-9-12(10(16)8-11(13)17)20-15(21)19-6-4-3-5-14(19)18-20;1-8(13-12(14(22)23)3-2-4-18-13)20-21-15(24)19-11-6-9(16)5-10(17)7-11;1-11(9,10)3-2-4(6)5(7)8/h1,8-9H,3-7H2;2-7H,1H3,(H,22,23)(H2,19,21,24);4H,2-3,6H2,1H3,(H,7,8)(H,9,10)/b;20-8+;. The molecule has 5 rings (SSSR count). The second-order valence-electron chi connectivity index (χ2n) is 12.1. The van der Waals surface area contributed by atoms with Crippen molar-refractivity contribution in [3.63, 3.8) is 0 Å². The van der Waals surface area contributed by atoms with Gasteiger partial charge in [0.15, 0.2) is 7.37 Å². The number of rotatable bonds is 11. The number of terminal acetylenes is 1. The number of ether oxygens (including phenoxy) is 1. The fourth-order valence-corrected chi connectivity index (χ4v) is 6.08. The average Bonchev–Trinajstić information content (AvgIpc) is 3.47. The van der Waals surface area contributed by atoms with Gasteiger partial charge in [0.2, 0.25) is 0 Å². The number of carbonyl (C=O) groups is 3. The number of hydrogen-bond acceptors (Lipinski definition) is 10. The highest BCUT2D eigenvalue weighted by atomic mass is 35.5. The number of pyridine rings is 1. The van der Waals surface area contributed by atoms with Gasteiger partial charge in [-0.15, -0.1) is 11.5 Å². The average molecular weight is 854 g/mol. The van der Waals surface area contributed by atoms with Crippen molar-refractivity contribution in [3.8, 4) is 23.8 Å². The Morgan fingerprint density at radius 1 is 1.14 bits per heavy atom. The van der Waals surface area contributed by atoms with Crippen molar-refractivity contribution in [2.45, 2.75) is 45.2 Å². The molecular formula is C35H37Cl2F2N8O9P. The van der Waals surface area contributed by atoms with Crippen LogP contribution >= 0.6 is 30.6 Å². The number of carboxylic acids is 2. The number of nitrogens with zero attached hydrogens (tertiary/aromatic N) is 5. The number of hydrogen-bond donors (Lipinski definition) is 6. The third-order valence-electron chi connectivity index (χ3n) is 7.51. The minimum absolute atomic E-state index is 0.0412. The van der Waals surface area contributed by atoms with Crippen LogP contribution in [0, 0.1) is 24.0 Å². The van der Waals surface area contributed by atoms with Gasteiger partial charge in [0.25, 0.3) is 0 Å². The lowest BCUT2D eigenvalue weighted by Gasteiger charge is -2.09. The number of aromatic carboxylic acids is 1. The molecule has 2 aromatic carbocycles. The van der Waals surface area contributed by atoms with E-state index in [1.54, 1.807) is 10.6 Å². The number of halogens is 4. The Kier molecular flexibility index (Phi) is 16.9. The molecule has 0 aliphatic carbocycles. The normalized spacial score (nSPS) is 13.5. The van der Waals surface area contributed by atoms with Crippen LogP contribution in [0.15, 0.2) is 58.6 Å². The van der Waals surface area contributed by atoms with Gasteiger partial charge in [-0.25, -0.2) is 28.6 Å². The van der Waals surface area contributed by atoms with Crippen molar-refractivity contribution in [1.29, 1.82) is 0 Å². The van der Waals surface area contributed by atoms with Crippen LogP contribution in [0.3, 0.4) is 0 Å². The molecule has 57 heavy (non-hydrogen) atoms. The van der Waals surface area contributed by atoms with Gasteiger partial charge in [-0.1, -0.05) is 29.1 Å². The molecule has 0 bridgehead atoms. The van der Waals surface area contributed by atoms with Gasteiger partial charge in [-0.3, -0.25) is 18.9 Å². The number of anilines is 1. The third-order valence-corrected chi connectivity index (χ3v) is 9.20. The maximum atomic E-state index is 13.0. The van der Waals surface area contributed by atoms with Gasteiger partial charge < -0.3 is 30.9 Å². The van der Waals surface area contributed by atoms with Crippen molar-refractivity contribution in [1.82, 2.24) is 24.8 Å². The number of nitrogens with one attached hydrogen (secondary N) is 2. The summed E-state index contributed by atoms with van der Waals surface area (Å²) in [4.78, 5) is 58.0. The number of amides is 2. The van der Waals surface area contributed by atoms with Gasteiger partial charge in [-0.05, 0) is 56.5 Å². The number of carboxylic acid groups (broad SMARTS) is 2. The van der Waals surface area contributed by atoms with Gasteiger partial charge in [0.1, 0.15) is 41.6 Å². The number of carbonyl (C=O) groups excluding carboxylic acids is 1. The Morgan fingerprint density at radius 2 is 1.82 bits per heavy atom. The van der Waals surface area contributed by atoms with Gasteiger partial charge in [0, 0.05) is 49.8 Å². The number of hydrazone groups is 1. The van der Waals surface area contributed by atoms with Crippen LogP contribution in [0.2, 0.25) is 10.0 Å². The Bertz CT molecular complexity index is 2270. The molecule has 0 radical (unpaired) electrons. The first-order valence-electron chi connectivity index (χ1n) is 16.6. The second kappa shape index (κ2) is 21.0. The van der Waals surface area contributed by atoms with Crippen LogP contribution in [-0.2, 0) is 22.3 Å². The molecule has 0 saturated heterocycles. The van der Waals surface area contributed by atoms with E-state index in [9.17, 15) is 32.5 Å². The van der Waals surface area contributed by atoms with Crippen molar-refractivity contribution in [2.75, 3.05) is 24.8 Å². The van der Waals surface area contributed by atoms with Crippen LogP contribution in [0.5, 0.6) is 5.75 Å². The highest BCUT2D eigenvalue weighted by molar-refractivity contribution is 7.57. The first-order chi connectivity index (χ1) is 26.8. The lowest BCUT2D eigenvalue weighted by Crippen LogP contribution is -2.30. The number of aliphatic carboxylic acids is 1. The zero-order chi connectivity index (χ0) is 42.4. The van der Waals surface area contributed by atoms with Crippen LogP contribution in [-0.4, -0.2) is 83.6 Å². The molecular weight excluding hydrogens is 816 g/mol. The van der Waals surface area contributed by atoms with Crippen LogP contribution in [0.4, 0.5) is 19.3 Å². The Morgan fingerprint density at radius 3 is 2.42 bits per heavy atom. The summed E-state index contributed by atoms with van der Waals surface area (Å²) in [7, 11) is -3.10. The monoisotopic (exact) mass is 852 g/mol. The van der Waals surface area contributed by atoms with Crippen molar-refractivity contribution in [3.05, 3.63) is 97.9 Å². The van der Waals surface area contributed by atoms with E-state index >= 15 is 0 Å². The van der Waals surface area contributed by atoms with E-state index in [0.717, 1.165) is 37.2 Å². The lowest BCUT2D eigenvalue weighted by molar-refractivity contribution is -0.138. The maximum absolute atomic E-state index is 13.0. The SMILES string of the molecule is C#CCOc1cc(-n2nc3n(c2=O)CCCC3)c(Cl)cc1Cl.C/C(=N\NC(=O)Nc1cc(F)cc(F)c1)c1ncccc1C(=O)O.CP(=O)(O)CCC(N)C(=O)O. The van der Waals surface area contributed by atoms with Crippen LogP contribution in [0.25, 0.3) is 5.69 Å². The molecule has 3 heterocycles. The minimum atomic E-state index is -3.10. The summed E-state index contributed by atoms with van der Waals surface area (Å²) in [6, 6.07) is 6.55. The predicted octanol–water partition coefficient (Wildman–Crippen LogP) is 4.98. The molecule has 2 aromatic heterocycles. The Labute approximate surface area is 333 Å². The van der Waals surface area contributed by atoms with Crippen LogP contribution in [0.1, 0.15) is 48.1 Å². The summed E-state index contributed by atoms with van der Waals surface area (Å²) in [6.45, 7) is 3.40. The first-order valence-corrected chi connectivity index (χ1v) is 19.6. The van der Waals surface area contributed by atoms with Crippen molar-refractivity contribution >= 4 is 59.9 Å². The first kappa shape index (κ1) is 45.7. The highest BCUT2D eigenvalue weighted by Gasteiger charge is 2.21. The molecule has 0 saturated carbocycles. The summed E-state index contributed by atoms with van der Waals surface area (Å²) >= 11 is 12.3. The minimum Gasteiger partial charge on any atom is -0.480 e. The van der Waals surface area contributed by atoms with Gasteiger partial charge in [0.05, 0.1) is 27.0 Å². The lowest BCUT2D eigenvalue weighted by atomic mass is 10.1. The Hall–Kier alpha value is -5.64. The largest absolute Gasteiger partial charge is 0.480 e. The van der Waals surface area contributed by atoms with E-state index in [2.05, 4.69) is 31.8 Å². The molecule has 7 N–H and O–H groups in total. The van der Waals surface area contributed by atoms with E-state index in [1.165, 1.54) is 42.7 Å². The van der Waals surface area contributed by atoms with Crippen molar-refractivity contribution in [2.24, 2.45) is 10.8 Å². The molecule has 1 aliphatic rings. The summed E-state index contributed by atoms with van der Waals surface area (Å²) in [5, 5.41) is 28.3. The number of benzene rings is 2. The smallest absolute Gasteiger partial charge is 0.350 e. The third kappa shape index (κ3) is 14.1. The van der Waals surface area contributed by atoms with E-state index in [0.29, 0.717) is 34.1 Å². The molecule has 304 valence electrons. The summed E-state index contributed by atoms with van der Waals surface area (Å²) in [5.41, 5.74) is 7.48. The molecule has 22 heteroatoms. The molecule has 0 fully saturated rings. The zero-order valence-electron chi connectivity index (χ0n) is 30.3. The number of fused-ring (bicyclic) bond motifs is 1. The number of aryl methyl sites for hydroxylation is 1. The van der Waals surface area contributed by atoms with Crippen LogP contribution < -0.4 is 26.9 Å². The van der Waals surface area contributed by atoms with E-state index in [4.69, 9.17) is 55.2 Å². The number of aromatic nitrogens is 4. The summed E-state index contributed by atoms with van der Waals surface area (Å²) < 4.78 is 45.0. The molecule has 17 nitrogen and oxygen atoms in total. The quantitative estimate of drug-likeness (QED) is 0.0506. The zero-order valence-corrected chi connectivity index (χ0v) is 32.7. The molecule has 4 aromatic rings. The highest BCUT2D eigenvalue weighted by Crippen LogP contribution is 2.36. The van der Waals surface area contributed by atoms with Gasteiger partial charge >= 0.3 is 23.7 Å². The van der Waals surface area contributed by atoms with E-state index < -0.39 is 43.0 Å². The topological polar surface area (TPSA) is 253 Å². The molecule has 1 aliphatic heterocycles. The molecule has 2 atom stereocenters. The summed E-state index contributed by atoms with van der Waals surface area (Å²) in [5.74, 6) is -0.504. The van der Waals surface area contributed by atoms with Crippen molar-refractivity contribution < 1.29 is 47.6 Å². The number of urea groups is 1. The molecule has 2 unspecified atom stereocenters. The van der Waals surface area contributed by atoms with E-state index in [1.807, 2.05) is 0 Å². The Balaban J connectivity index is 0.000000245. The molecule has 0 spiro atoms. The summed E-state index contributed by atoms with van der Waals surface area (Å²) in [6.07, 6.45) is 9.36. The second-order valence-corrected chi connectivity index (χ2v) is 15.4. The fourth-order valence-electron chi connectivity index (χ4n) is 4.81. The fraction of sp³-hybridized carbons (Fsp3) is 0.286. The number of nitrogens with two attached hydrogens (primary N) is 1. The van der Waals surface area contributed by atoms with Gasteiger partial charge in [-0.2, -0.15) is 9.78 Å².